The van der Waals surface area contributed by atoms with Gasteiger partial charge in [-0.3, -0.25) is 0 Å². The van der Waals surface area contributed by atoms with E-state index in [0.29, 0.717) is 11.8 Å². The van der Waals surface area contributed by atoms with Crippen molar-refractivity contribution in [2.24, 2.45) is 5.92 Å². The number of hydrogen-bond acceptors (Lipinski definition) is 3. The van der Waals surface area contributed by atoms with Crippen molar-refractivity contribution in [2.75, 3.05) is 13.1 Å². The lowest BCUT2D eigenvalue weighted by atomic mass is 10.0. The van der Waals surface area contributed by atoms with Gasteiger partial charge in [-0.15, -0.1) is 0 Å². The van der Waals surface area contributed by atoms with E-state index < -0.39 is 0 Å². The first-order valence-corrected chi connectivity index (χ1v) is 4.91. The molecule has 0 spiro atoms. The molecule has 0 radical (unpaired) electrons. The summed E-state index contributed by atoms with van der Waals surface area (Å²) in [4.78, 5) is 4.26. The molecule has 0 aliphatic carbocycles. The van der Waals surface area contributed by atoms with Crippen LogP contribution in [0.25, 0.3) is 0 Å². The Kier molecular flexibility index (Phi) is 2.36. The zero-order valence-electron chi connectivity index (χ0n) is 8.21. The standard InChI is InChI=1S/C10H16N2O/c1-7(2)3-10-12-6-9(13-10)8-4-11-5-8/h6-8,11H,3-5H2,1-2H3. The minimum absolute atomic E-state index is 0.563. The summed E-state index contributed by atoms with van der Waals surface area (Å²) < 4.78 is 5.65. The van der Waals surface area contributed by atoms with Crippen molar-refractivity contribution in [3.8, 4) is 0 Å². The summed E-state index contributed by atoms with van der Waals surface area (Å²) in [7, 11) is 0. The maximum Gasteiger partial charge on any atom is 0.194 e. The van der Waals surface area contributed by atoms with Gasteiger partial charge < -0.3 is 9.73 Å². The quantitative estimate of drug-likeness (QED) is 0.767. The lowest BCUT2D eigenvalue weighted by Crippen LogP contribution is -2.39. The molecule has 1 aromatic heterocycles. The maximum atomic E-state index is 5.65. The number of aromatic nitrogens is 1. The lowest BCUT2D eigenvalue weighted by molar-refractivity contribution is 0.347. The molecule has 3 nitrogen and oxygen atoms in total. The second-order valence-electron chi connectivity index (χ2n) is 4.11. The third kappa shape index (κ3) is 1.91. The minimum Gasteiger partial charge on any atom is -0.445 e. The predicted octanol–water partition coefficient (Wildman–Crippen LogP) is 1.56. The first kappa shape index (κ1) is 8.75. The molecule has 1 fully saturated rings. The Hall–Kier alpha value is -0.830. The molecule has 1 aromatic rings. The van der Waals surface area contributed by atoms with Crippen molar-refractivity contribution in [2.45, 2.75) is 26.2 Å². The fourth-order valence-electron chi connectivity index (χ4n) is 1.45. The molecule has 2 rings (SSSR count). The Balaban J connectivity index is 2.00. The number of oxazole rings is 1. The Morgan fingerprint density at radius 2 is 2.38 bits per heavy atom. The zero-order valence-corrected chi connectivity index (χ0v) is 8.21. The summed E-state index contributed by atoms with van der Waals surface area (Å²) in [6.45, 7) is 6.43. The van der Waals surface area contributed by atoms with E-state index in [-0.39, 0.29) is 0 Å². The van der Waals surface area contributed by atoms with Gasteiger partial charge in [0, 0.05) is 25.4 Å². The van der Waals surface area contributed by atoms with E-state index in [1.807, 2.05) is 6.20 Å². The Morgan fingerprint density at radius 3 is 2.92 bits per heavy atom. The molecule has 0 atom stereocenters. The average molecular weight is 180 g/mol. The van der Waals surface area contributed by atoms with Crippen molar-refractivity contribution >= 4 is 0 Å². The lowest BCUT2D eigenvalue weighted by Gasteiger charge is -2.24. The normalized spacial score (nSPS) is 17.8. The molecule has 1 saturated heterocycles. The van der Waals surface area contributed by atoms with Crippen molar-refractivity contribution in [1.29, 1.82) is 0 Å². The maximum absolute atomic E-state index is 5.65. The molecular weight excluding hydrogens is 164 g/mol. The fourth-order valence-corrected chi connectivity index (χ4v) is 1.45. The van der Waals surface area contributed by atoms with Gasteiger partial charge >= 0.3 is 0 Å². The van der Waals surface area contributed by atoms with Crippen LogP contribution >= 0.6 is 0 Å². The SMILES string of the molecule is CC(C)Cc1ncc(C2CNC2)o1. The molecule has 3 heteroatoms. The largest absolute Gasteiger partial charge is 0.445 e. The van der Waals surface area contributed by atoms with Gasteiger partial charge in [-0.25, -0.2) is 4.98 Å². The summed E-state index contributed by atoms with van der Waals surface area (Å²) in [6, 6.07) is 0. The third-order valence-corrected chi connectivity index (χ3v) is 2.34. The average Bonchev–Trinajstić information content (AvgIpc) is 2.31. The van der Waals surface area contributed by atoms with Crippen LogP contribution in [0.1, 0.15) is 31.4 Å². The highest BCUT2D eigenvalue weighted by atomic mass is 16.4. The highest BCUT2D eigenvalue weighted by Crippen LogP contribution is 2.21. The molecule has 13 heavy (non-hydrogen) atoms. The highest BCUT2D eigenvalue weighted by Gasteiger charge is 2.22. The summed E-state index contributed by atoms with van der Waals surface area (Å²) in [6.07, 6.45) is 2.82. The molecular formula is C10H16N2O. The zero-order chi connectivity index (χ0) is 9.26. The molecule has 0 unspecified atom stereocenters. The highest BCUT2D eigenvalue weighted by molar-refractivity contribution is 5.07. The number of hydrogen-bond donors (Lipinski definition) is 1. The van der Waals surface area contributed by atoms with Crippen LogP contribution in [-0.4, -0.2) is 18.1 Å². The van der Waals surface area contributed by atoms with Gasteiger partial charge in [0.05, 0.1) is 6.20 Å². The van der Waals surface area contributed by atoms with E-state index in [1.165, 1.54) is 0 Å². The summed E-state index contributed by atoms with van der Waals surface area (Å²) in [5.41, 5.74) is 0. The van der Waals surface area contributed by atoms with Crippen LogP contribution in [0.4, 0.5) is 0 Å². The molecule has 0 bridgehead atoms. The van der Waals surface area contributed by atoms with E-state index in [4.69, 9.17) is 4.42 Å². The predicted molar refractivity (Wildman–Crippen MR) is 50.7 cm³/mol. The number of nitrogens with one attached hydrogen (secondary N) is 1. The van der Waals surface area contributed by atoms with Crippen molar-refractivity contribution < 1.29 is 4.42 Å². The Morgan fingerprint density at radius 1 is 1.62 bits per heavy atom. The van der Waals surface area contributed by atoms with Gasteiger partial charge in [0.15, 0.2) is 5.89 Å². The van der Waals surface area contributed by atoms with Crippen LogP contribution in [0.3, 0.4) is 0 Å². The smallest absolute Gasteiger partial charge is 0.194 e. The first-order chi connectivity index (χ1) is 6.25. The van der Waals surface area contributed by atoms with Crippen LogP contribution in [0, 0.1) is 5.92 Å². The van der Waals surface area contributed by atoms with Gasteiger partial charge in [-0.1, -0.05) is 13.8 Å². The van der Waals surface area contributed by atoms with Gasteiger partial charge in [-0.2, -0.15) is 0 Å². The van der Waals surface area contributed by atoms with Gasteiger partial charge in [-0.05, 0) is 5.92 Å². The van der Waals surface area contributed by atoms with Crippen molar-refractivity contribution in [1.82, 2.24) is 10.3 Å². The second-order valence-corrected chi connectivity index (χ2v) is 4.11. The Labute approximate surface area is 78.5 Å². The summed E-state index contributed by atoms with van der Waals surface area (Å²) in [5, 5.41) is 3.22. The van der Waals surface area contributed by atoms with E-state index in [0.717, 1.165) is 31.2 Å². The van der Waals surface area contributed by atoms with E-state index in [9.17, 15) is 0 Å². The minimum atomic E-state index is 0.563. The van der Waals surface area contributed by atoms with Crippen LogP contribution in [0.15, 0.2) is 10.6 Å². The van der Waals surface area contributed by atoms with Gasteiger partial charge in [0.1, 0.15) is 5.76 Å². The van der Waals surface area contributed by atoms with Crippen LogP contribution < -0.4 is 5.32 Å². The fraction of sp³-hybridized carbons (Fsp3) is 0.700. The number of rotatable bonds is 3. The van der Waals surface area contributed by atoms with Crippen molar-refractivity contribution in [3.63, 3.8) is 0 Å². The second kappa shape index (κ2) is 3.50. The Bertz CT molecular complexity index is 276. The van der Waals surface area contributed by atoms with Crippen LogP contribution in [-0.2, 0) is 6.42 Å². The molecule has 0 amide bonds. The van der Waals surface area contributed by atoms with E-state index in [1.54, 1.807) is 0 Å². The molecule has 72 valence electrons. The molecule has 0 aromatic carbocycles. The monoisotopic (exact) mass is 180 g/mol. The summed E-state index contributed by atoms with van der Waals surface area (Å²) >= 11 is 0. The van der Waals surface area contributed by atoms with Crippen LogP contribution in [0.2, 0.25) is 0 Å². The van der Waals surface area contributed by atoms with E-state index >= 15 is 0 Å². The molecule has 1 N–H and O–H groups in total. The van der Waals surface area contributed by atoms with Crippen molar-refractivity contribution in [3.05, 3.63) is 17.8 Å². The van der Waals surface area contributed by atoms with Gasteiger partial charge in [0.25, 0.3) is 0 Å². The molecule has 1 aliphatic rings. The third-order valence-electron chi connectivity index (χ3n) is 2.34. The molecule has 0 saturated carbocycles. The summed E-state index contributed by atoms with van der Waals surface area (Å²) in [5.74, 6) is 3.12. The first-order valence-electron chi connectivity index (χ1n) is 4.91. The molecule has 1 aliphatic heterocycles. The van der Waals surface area contributed by atoms with Gasteiger partial charge in [0.2, 0.25) is 0 Å². The van der Waals surface area contributed by atoms with E-state index in [2.05, 4.69) is 24.1 Å². The topological polar surface area (TPSA) is 38.1 Å². The number of nitrogens with zero attached hydrogens (tertiary/aromatic N) is 1. The molecule has 2 heterocycles. The van der Waals surface area contributed by atoms with Crippen LogP contribution in [0.5, 0.6) is 0 Å².